The SMILES string of the molecule is C/C(=C(\O)c1ccccc1)C(F)(F)F. The zero-order valence-electron chi connectivity index (χ0n) is 7.47. The Bertz CT molecular complexity index is 338. The number of alkyl halides is 3. The van der Waals surface area contributed by atoms with Gasteiger partial charge in [-0.15, -0.1) is 0 Å². The minimum atomic E-state index is -4.49. The van der Waals surface area contributed by atoms with Crippen LogP contribution in [0.2, 0.25) is 0 Å². The van der Waals surface area contributed by atoms with Crippen molar-refractivity contribution in [1.82, 2.24) is 0 Å². The van der Waals surface area contributed by atoms with Gasteiger partial charge in [-0.2, -0.15) is 13.2 Å². The van der Waals surface area contributed by atoms with E-state index in [0.29, 0.717) is 0 Å². The molecule has 0 atom stereocenters. The molecular formula is C10H9F3O. The number of allylic oxidation sites excluding steroid dienone is 1. The summed E-state index contributed by atoms with van der Waals surface area (Å²) in [7, 11) is 0. The van der Waals surface area contributed by atoms with Crippen molar-refractivity contribution in [2.45, 2.75) is 13.1 Å². The van der Waals surface area contributed by atoms with Crippen LogP contribution in [-0.4, -0.2) is 11.3 Å². The summed E-state index contributed by atoms with van der Waals surface area (Å²) in [5, 5.41) is 9.28. The van der Waals surface area contributed by atoms with Crippen molar-refractivity contribution in [3.05, 3.63) is 41.5 Å². The smallest absolute Gasteiger partial charge is 0.415 e. The van der Waals surface area contributed by atoms with E-state index in [4.69, 9.17) is 0 Å². The van der Waals surface area contributed by atoms with E-state index >= 15 is 0 Å². The molecule has 1 aromatic carbocycles. The molecule has 0 radical (unpaired) electrons. The first-order valence-electron chi connectivity index (χ1n) is 3.95. The van der Waals surface area contributed by atoms with Gasteiger partial charge >= 0.3 is 6.18 Å². The molecule has 14 heavy (non-hydrogen) atoms. The van der Waals surface area contributed by atoms with Crippen molar-refractivity contribution in [2.24, 2.45) is 0 Å². The predicted molar refractivity (Wildman–Crippen MR) is 47.7 cm³/mol. The number of hydrogen-bond acceptors (Lipinski definition) is 1. The Hall–Kier alpha value is -1.45. The molecule has 1 aromatic rings. The zero-order valence-corrected chi connectivity index (χ0v) is 7.47. The number of rotatable bonds is 1. The number of hydrogen-bond donors (Lipinski definition) is 1. The molecule has 0 spiro atoms. The Morgan fingerprint density at radius 1 is 1.14 bits per heavy atom. The predicted octanol–water partition coefficient (Wildman–Crippen LogP) is 3.54. The van der Waals surface area contributed by atoms with Crippen LogP contribution in [0.1, 0.15) is 12.5 Å². The molecule has 0 heterocycles. The van der Waals surface area contributed by atoms with Gasteiger partial charge in [0.05, 0.1) is 5.57 Å². The molecule has 0 aliphatic heterocycles. The standard InChI is InChI=1S/C10H9F3O/c1-7(10(11,12)13)9(14)8-5-3-2-4-6-8/h2-6,14H,1H3/b9-7+. The normalized spacial score (nSPS) is 13.7. The van der Waals surface area contributed by atoms with Gasteiger partial charge in [0, 0.05) is 5.56 Å². The van der Waals surface area contributed by atoms with Crippen LogP contribution in [0.5, 0.6) is 0 Å². The first-order valence-corrected chi connectivity index (χ1v) is 3.95. The molecule has 0 saturated carbocycles. The Morgan fingerprint density at radius 3 is 2.07 bits per heavy atom. The molecule has 1 N–H and O–H groups in total. The zero-order chi connectivity index (χ0) is 10.8. The van der Waals surface area contributed by atoms with Crippen molar-refractivity contribution >= 4 is 5.76 Å². The van der Waals surface area contributed by atoms with Crippen molar-refractivity contribution < 1.29 is 18.3 Å². The summed E-state index contributed by atoms with van der Waals surface area (Å²) in [5.74, 6) is -0.724. The largest absolute Gasteiger partial charge is 0.507 e. The first-order chi connectivity index (χ1) is 6.43. The molecule has 76 valence electrons. The van der Waals surface area contributed by atoms with E-state index in [9.17, 15) is 18.3 Å². The second kappa shape index (κ2) is 3.74. The Morgan fingerprint density at radius 2 is 1.64 bits per heavy atom. The van der Waals surface area contributed by atoms with Gasteiger partial charge in [-0.05, 0) is 6.92 Å². The maximum absolute atomic E-state index is 12.2. The van der Waals surface area contributed by atoms with Gasteiger partial charge < -0.3 is 5.11 Å². The Kier molecular flexibility index (Phi) is 2.84. The molecule has 0 aromatic heterocycles. The van der Waals surface area contributed by atoms with E-state index in [-0.39, 0.29) is 5.56 Å². The van der Waals surface area contributed by atoms with Gasteiger partial charge in [0.15, 0.2) is 0 Å². The van der Waals surface area contributed by atoms with E-state index in [2.05, 4.69) is 0 Å². The second-order valence-corrected chi connectivity index (χ2v) is 2.84. The highest BCUT2D eigenvalue weighted by Crippen LogP contribution is 2.30. The van der Waals surface area contributed by atoms with Crippen molar-refractivity contribution in [3.63, 3.8) is 0 Å². The van der Waals surface area contributed by atoms with Crippen LogP contribution in [0.3, 0.4) is 0 Å². The van der Waals surface area contributed by atoms with E-state index in [1.807, 2.05) is 0 Å². The number of aliphatic hydroxyl groups is 1. The summed E-state index contributed by atoms with van der Waals surface area (Å²) in [5.41, 5.74) is -0.814. The molecule has 0 unspecified atom stereocenters. The summed E-state index contributed by atoms with van der Waals surface area (Å²) in [6.45, 7) is 0.850. The van der Waals surface area contributed by atoms with Crippen LogP contribution in [0.25, 0.3) is 5.76 Å². The molecule has 0 fully saturated rings. The topological polar surface area (TPSA) is 20.2 Å². The minimum absolute atomic E-state index is 0.169. The Labute approximate surface area is 79.5 Å². The van der Waals surface area contributed by atoms with Gasteiger partial charge in [0.25, 0.3) is 0 Å². The van der Waals surface area contributed by atoms with Crippen LogP contribution in [-0.2, 0) is 0 Å². The van der Waals surface area contributed by atoms with Crippen LogP contribution < -0.4 is 0 Å². The third kappa shape index (κ3) is 2.28. The van der Waals surface area contributed by atoms with E-state index in [0.717, 1.165) is 6.92 Å². The molecule has 0 aliphatic rings. The third-order valence-corrected chi connectivity index (χ3v) is 1.83. The lowest BCUT2D eigenvalue weighted by Gasteiger charge is -2.09. The lowest BCUT2D eigenvalue weighted by molar-refractivity contribution is -0.0917. The fraction of sp³-hybridized carbons (Fsp3) is 0.200. The van der Waals surface area contributed by atoms with Crippen LogP contribution >= 0.6 is 0 Å². The maximum Gasteiger partial charge on any atom is 0.415 e. The molecule has 4 heteroatoms. The summed E-state index contributed by atoms with van der Waals surface area (Å²) < 4.78 is 36.5. The van der Waals surface area contributed by atoms with Crippen LogP contribution in [0.4, 0.5) is 13.2 Å². The van der Waals surface area contributed by atoms with E-state index < -0.39 is 17.5 Å². The van der Waals surface area contributed by atoms with Gasteiger partial charge in [-0.25, -0.2) is 0 Å². The van der Waals surface area contributed by atoms with Crippen molar-refractivity contribution in [1.29, 1.82) is 0 Å². The Balaban J connectivity index is 3.12. The molecular weight excluding hydrogens is 193 g/mol. The van der Waals surface area contributed by atoms with Crippen molar-refractivity contribution in [2.75, 3.05) is 0 Å². The van der Waals surface area contributed by atoms with Gasteiger partial charge in [0.2, 0.25) is 0 Å². The fourth-order valence-electron chi connectivity index (χ4n) is 0.947. The molecule has 0 amide bonds. The molecule has 0 aliphatic carbocycles. The van der Waals surface area contributed by atoms with Gasteiger partial charge in [-0.1, -0.05) is 30.3 Å². The lowest BCUT2D eigenvalue weighted by atomic mass is 10.1. The van der Waals surface area contributed by atoms with Crippen molar-refractivity contribution in [3.8, 4) is 0 Å². The lowest BCUT2D eigenvalue weighted by Crippen LogP contribution is -2.11. The van der Waals surface area contributed by atoms with E-state index in [1.54, 1.807) is 18.2 Å². The van der Waals surface area contributed by atoms with Gasteiger partial charge in [-0.3, -0.25) is 0 Å². The minimum Gasteiger partial charge on any atom is -0.507 e. The quantitative estimate of drug-likeness (QED) is 0.690. The summed E-state index contributed by atoms with van der Waals surface area (Å²) in [4.78, 5) is 0. The summed E-state index contributed by atoms with van der Waals surface area (Å²) in [6.07, 6.45) is -4.49. The van der Waals surface area contributed by atoms with Crippen LogP contribution in [0.15, 0.2) is 35.9 Å². The second-order valence-electron chi connectivity index (χ2n) is 2.84. The first kappa shape index (κ1) is 10.6. The maximum atomic E-state index is 12.2. The highest BCUT2D eigenvalue weighted by molar-refractivity contribution is 5.62. The highest BCUT2D eigenvalue weighted by atomic mass is 19.4. The average Bonchev–Trinajstić information content (AvgIpc) is 2.15. The molecule has 0 bridgehead atoms. The summed E-state index contributed by atoms with van der Waals surface area (Å²) >= 11 is 0. The molecule has 0 saturated heterocycles. The molecule has 1 rings (SSSR count). The van der Waals surface area contributed by atoms with Crippen LogP contribution in [0, 0.1) is 0 Å². The monoisotopic (exact) mass is 202 g/mol. The van der Waals surface area contributed by atoms with Gasteiger partial charge in [0.1, 0.15) is 5.76 Å². The number of aliphatic hydroxyl groups excluding tert-OH is 1. The summed E-state index contributed by atoms with van der Waals surface area (Å²) in [6, 6.07) is 7.64. The van der Waals surface area contributed by atoms with E-state index in [1.165, 1.54) is 12.1 Å². The molecule has 1 nitrogen and oxygen atoms in total. The number of benzene rings is 1. The average molecular weight is 202 g/mol. The number of halogens is 3. The third-order valence-electron chi connectivity index (χ3n) is 1.83. The highest BCUT2D eigenvalue weighted by Gasteiger charge is 2.33. The fourth-order valence-corrected chi connectivity index (χ4v) is 0.947.